The summed E-state index contributed by atoms with van der Waals surface area (Å²) < 4.78 is 10.5. The van der Waals surface area contributed by atoms with Gasteiger partial charge in [0, 0.05) is 6.61 Å². The van der Waals surface area contributed by atoms with Crippen molar-refractivity contribution >= 4 is 5.97 Å². The maximum atomic E-state index is 11.0. The molecule has 0 fully saturated rings. The van der Waals surface area contributed by atoms with Crippen LogP contribution in [0.3, 0.4) is 0 Å². The normalized spacial score (nSPS) is 15.1. The Morgan fingerprint density at radius 3 is 2.64 bits per heavy atom. The van der Waals surface area contributed by atoms with Crippen LogP contribution in [0.2, 0.25) is 0 Å². The predicted molar refractivity (Wildman–Crippen MR) is 50.1 cm³/mol. The minimum atomic E-state index is -1.39. The average molecular weight is 198 g/mol. The van der Waals surface area contributed by atoms with E-state index in [9.17, 15) is 4.79 Å². The highest BCUT2D eigenvalue weighted by Gasteiger charge is 2.39. The Balaban J connectivity index is 3.05. The van der Waals surface area contributed by atoms with Crippen LogP contribution in [0.25, 0.3) is 0 Å². The Bertz CT molecular complexity index is 329. The number of carboxylic acids is 1. The molecule has 1 rings (SSSR count). The van der Waals surface area contributed by atoms with E-state index in [0.29, 0.717) is 18.1 Å². The fraction of sp³-hybridized carbons (Fsp3) is 0.500. The Hall–Kier alpha value is -1.29. The summed E-state index contributed by atoms with van der Waals surface area (Å²) in [5, 5.41) is 9.04. The molecule has 1 unspecified atom stereocenters. The van der Waals surface area contributed by atoms with Crippen molar-refractivity contribution in [2.45, 2.75) is 26.4 Å². The number of furan rings is 1. The van der Waals surface area contributed by atoms with Gasteiger partial charge in [-0.05, 0) is 32.9 Å². The predicted octanol–water partition coefficient (Wildman–Crippen LogP) is 1.92. The van der Waals surface area contributed by atoms with Crippen LogP contribution in [0.15, 0.2) is 16.5 Å². The SMILES string of the molecule is CCOC(C)(C(=O)O)c1ccc(C)o1. The fourth-order valence-electron chi connectivity index (χ4n) is 1.22. The van der Waals surface area contributed by atoms with Gasteiger partial charge in [-0.1, -0.05) is 0 Å². The highest BCUT2D eigenvalue weighted by molar-refractivity contribution is 5.78. The lowest BCUT2D eigenvalue weighted by atomic mass is 10.0. The largest absolute Gasteiger partial charge is 0.479 e. The van der Waals surface area contributed by atoms with Crippen molar-refractivity contribution in [1.82, 2.24) is 0 Å². The monoisotopic (exact) mass is 198 g/mol. The van der Waals surface area contributed by atoms with E-state index in [1.165, 1.54) is 6.92 Å². The summed E-state index contributed by atoms with van der Waals surface area (Å²) in [5.41, 5.74) is -1.39. The Morgan fingerprint density at radius 1 is 1.64 bits per heavy atom. The molecule has 14 heavy (non-hydrogen) atoms. The number of carbonyl (C=O) groups is 1. The number of hydrogen-bond donors (Lipinski definition) is 1. The summed E-state index contributed by atoms with van der Waals surface area (Å²) in [6.45, 7) is 5.31. The molecule has 1 aromatic rings. The van der Waals surface area contributed by atoms with Crippen LogP contribution in [0, 0.1) is 6.92 Å². The van der Waals surface area contributed by atoms with Crippen molar-refractivity contribution in [3.05, 3.63) is 23.7 Å². The topological polar surface area (TPSA) is 59.7 Å². The molecule has 0 radical (unpaired) electrons. The Kier molecular flexibility index (Phi) is 2.96. The van der Waals surface area contributed by atoms with E-state index in [0.717, 1.165) is 0 Å². The van der Waals surface area contributed by atoms with Gasteiger partial charge in [0.1, 0.15) is 11.5 Å². The maximum absolute atomic E-state index is 11.0. The molecule has 0 aliphatic carbocycles. The summed E-state index contributed by atoms with van der Waals surface area (Å²) in [6, 6.07) is 3.34. The number of aliphatic carboxylic acids is 1. The van der Waals surface area contributed by atoms with Gasteiger partial charge in [-0.25, -0.2) is 4.79 Å². The van der Waals surface area contributed by atoms with E-state index in [1.54, 1.807) is 26.0 Å². The van der Waals surface area contributed by atoms with Crippen molar-refractivity contribution < 1.29 is 19.1 Å². The van der Waals surface area contributed by atoms with E-state index in [-0.39, 0.29) is 0 Å². The van der Waals surface area contributed by atoms with Gasteiger partial charge in [0.05, 0.1) is 0 Å². The number of rotatable bonds is 4. The molecule has 1 atom stereocenters. The molecule has 0 amide bonds. The lowest BCUT2D eigenvalue weighted by Crippen LogP contribution is -2.35. The first kappa shape index (κ1) is 10.8. The second-order valence-electron chi connectivity index (χ2n) is 3.18. The molecule has 1 heterocycles. The lowest BCUT2D eigenvalue weighted by Gasteiger charge is -2.21. The zero-order chi connectivity index (χ0) is 10.8. The highest BCUT2D eigenvalue weighted by Crippen LogP contribution is 2.27. The number of ether oxygens (including phenoxy) is 1. The van der Waals surface area contributed by atoms with Crippen LogP contribution < -0.4 is 0 Å². The van der Waals surface area contributed by atoms with Crippen LogP contribution in [-0.2, 0) is 15.1 Å². The molecule has 0 spiro atoms. The number of hydrogen-bond acceptors (Lipinski definition) is 3. The third-order valence-corrected chi connectivity index (χ3v) is 2.05. The van der Waals surface area contributed by atoms with Crippen molar-refractivity contribution in [2.24, 2.45) is 0 Å². The van der Waals surface area contributed by atoms with Gasteiger partial charge < -0.3 is 14.3 Å². The third-order valence-electron chi connectivity index (χ3n) is 2.05. The van der Waals surface area contributed by atoms with E-state index < -0.39 is 11.6 Å². The third kappa shape index (κ3) is 1.80. The van der Waals surface area contributed by atoms with Crippen LogP contribution in [0.5, 0.6) is 0 Å². The maximum Gasteiger partial charge on any atom is 0.343 e. The second-order valence-corrected chi connectivity index (χ2v) is 3.18. The first-order chi connectivity index (χ1) is 6.50. The van der Waals surface area contributed by atoms with Gasteiger partial charge >= 0.3 is 5.97 Å². The smallest absolute Gasteiger partial charge is 0.343 e. The molecule has 0 saturated carbocycles. The van der Waals surface area contributed by atoms with Crippen molar-refractivity contribution in [1.29, 1.82) is 0 Å². The summed E-state index contributed by atoms with van der Waals surface area (Å²) in [6.07, 6.45) is 0. The molecule has 0 aromatic carbocycles. The fourth-order valence-corrected chi connectivity index (χ4v) is 1.22. The van der Waals surface area contributed by atoms with Crippen LogP contribution in [0.4, 0.5) is 0 Å². The van der Waals surface area contributed by atoms with E-state index in [1.807, 2.05) is 0 Å². The van der Waals surface area contributed by atoms with Gasteiger partial charge in [0.15, 0.2) is 0 Å². The highest BCUT2D eigenvalue weighted by atomic mass is 16.5. The Labute approximate surface area is 82.5 Å². The molecule has 0 aliphatic rings. The van der Waals surface area contributed by atoms with Crippen molar-refractivity contribution in [3.63, 3.8) is 0 Å². The molecule has 0 aliphatic heterocycles. The van der Waals surface area contributed by atoms with Crippen LogP contribution >= 0.6 is 0 Å². The van der Waals surface area contributed by atoms with Gasteiger partial charge in [-0.2, -0.15) is 0 Å². The molecule has 78 valence electrons. The summed E-state index contributed by atoms with van der Waals surface area (Å²) in [4.78, 5) is 11.0. The molecular formula is C10H14O4. The van der Waals surface area contributed by atoms with Gasteiger partial charge in [-0.15, -0.1) is 0 Å². The zero-order valence-electron chi connectivity index (χ0n) is 8.53. The molecule has 0 bridgehead atoms. The Morgan fingerprint density at radius 2 is 2.29 bits per heavy atom. The molecule has 1 aromatic heterocycles. The number of aryl methyl sites for hydroxylation is 1. The number of carboxylic acid groups (broad SMARTS) is 1. The molecule has 4 nitrogen and oxygen atoms in total. The van der Waals surface area contributed by atoms with Crippen LogP contribution in [0.1, 0.15) is 25.4 Å². The van der Waals surface area contributed by atoms with Crippen LogP contribution in [-0.4, -0.2) is 17.7 Å². The second kappa shape index (κ2) is 3.84. The first-order valence-electron chi connectivity index (χ1n) is 4.45. The summed E-state index contributed by atoms with van der Waals surface area (Å²) >= 11 is 0. The minimum Gasteiger partial charge on any atom is -0.479 e. The molecular weight excluding hydrogens is 184 g/mol. The van der Waals surface area contributed by atoms with Gasteiger partial charge in [0.2, 0.25) is 5.60 Å². The van der Waals surface area contributed by atoms with Gasteiger partial charge in [-0.3, -0.25) is 0 Å². The average Bonchev–Trinajstić information content (AvgIpc) is 2.52. The van der Waals surface area contributed by atoms with E-state index in [4.69, 9.17) is 14.3 Å². The van der Waals surface area contributed by atoms with Gasteiger partial charge in [0.25, 0.3) is 0 Å². The van der Waals surface area contributed by atoms with E-state index >= 15 is 0 Å². The van der Waals surface area contributed by atoms with Crippen molar-refractivity contribution in [3.8, 4) is 0 Å². The van der Waals surface area contributed by atoms with Crippen molar-refractivity contribution in [2.75, 3.05) is 6.61 Å². The first-order valence-corrected chi connectivity index (χ1v) is 4.45. The molecule has 1 N–H and O–H groups in total. The lowest BCUT2D eigenvalue weighted by molar-refractivity contribution is -0.167. The zero-order valence-corrected chi connectivity index (χ0v) is 8.53. The molecule has 4 heteroatoms. The quantitative estimate of drug-likeness (QED) is 0.802. The summed E-state index contributed by atoms with van der Waals surface area (Å²) in [5.74, 6) is -0.0507. The summed E-state index contributed by atoms with van der Waals surface area (Å²) in [7, 11) is 0. The van der Waals surface area contributed by atoms with E-state index in [2.05, 4.69) is 0 Å². The molecule has 0 saturated heterocycles. The minimum absolute atomic E-state index is 0.322. The standard InChI is InChI=1S/C10H14O4/c1-4-13-10(3,9(11)12)8-6-5-7(2)14-8/h5-6H,4H2,1-3H3,(H,11,12).